The summed E-state index contributed by atoms with van der Waals surface area (Å²) in [6.45, 7) is 1.59. The maximum Gasteiger partial charge on any atom is 0.335 e. The second-order valence-corrected chi connectivity index (χ2v) is 10.0. The van der Waals surface area contributed by atoms with Gasteiger partial charge in [0, 0.05) is 23.6 Å². The molecule has 6 rings (SSSR count). The van der Waals surface area contributed by atoms with E-state index < -0.39 is 29.2 Å². The summed E-state index contributed by atoms with van der Waals surface area (Å²) in [7, 11) is 0. The minimum absolute atomic E-state index is 0.0628. The van der Waals surface area contributed by atoms with Crippen LogP contribution in [0, 0.1) is 30.2 Å². The Hall–Kier alpha value is -5.52. The minimum atomic E-state index is -1.34. The molecule has 0 aliphatic carbocycles. The Balaban J connectivity index is 1.31. The van der Waals surface area contributed by atoms with Gasteiger partial charge in [-0.3, -0.25) is 0 Å². The molecule has 3 aromatic carbocycles. The lowest BCUT2D eigenvalue weighted by molar-refractivity contribution is 0.0696. The molecule has 0 amide bonds. The number of carboxylic acids is 1. The molecule has 0 radical (unpaired) electrons. The fourth-order valence-corrected chi connectivity index (χ4v) is 4.79. The van der Waals surface area contributed by atoms with Crippen molar-refractivity contribution in [3.8, 4) is 17.1 Å². The number of oxazole rings is 1. The Labute approximate surface area is 247 Å². The first kappa shape index (κ1) is 28.6. The van der Waals surface area contributed by atoms with Crippen molar-refractivity contribution in [3.63, 3.8) is 0 Å². The summed E-state index contributed by atoms with van der Waals surface area (Å²) >= 11 is 0. The molecule has 0 atom stereocenters. The molecule has 0 saturated heterocycles. The predicted molar refractivity (Wildman–Crippen MR) is 150 cm³/mol. The lowest BCUT2D eigenvalue weighted by atomic mass is 10.0. The zero-order chi connectivity index (χ0) is 31.0. The number of aromatic nitrogens is 4. The molecular formula is C32H22F4N4O4. The van der Waals surface area contributed by atoms with Crippen LogP contribution in [-0.4, -0.2) is 30.6 Å². The summed E-state index contributed by atoms with van der Waals surface area (Å²) in [5.41, 5.74) is 0.629. The average Bonchev–Trinajstić information content (AvgIpc) is 3.63. The van der Waals surface area contributed by atoms with Gasteiger partial charge in [-0.25, -0.2) is 37.3 Å². The fraction of sp³-hybridized carbons (Fsp3) is 0.125. The highest BCUT2D eigenvalue weighted by Crippen LogP contribution is 2.29. The van der Waals surface area contributed by atoms with E-state index in [-0.39, 0.29) is 70.6 Å². The van der Waals surface area contributed by atoms with Crippen molar-refractivity contribution in [3.05, 3.63) is 130 Å². The predicted octanol–water partition coefficient (Wildman–Crippen LogP) is 6.87. The summed E-state index contributed by atoms with van der Waals surface area (Å²) < 4.78 is 72.3. The monoisotopic (exact) mass is 602 g/mol. The highest BCUT2D eigenvalue weighted by Gasteiger charge is 2.21. The fourth-order valence-electron chi connectivity index (χ4n) is 4.79. The van der Waals surface area contributed by atoms with E-state index in [0.717, 1.165) is 23.8 Å². The molecule has 1 N–H and O–H groups in total. The van der Waals surface area contributed by atoms with Crippen LogP contribution in [0.2, 0.25) is 0 Å². The molecule has 0 spiro atoms. The Morgan fingerprint density at radius 1 is 0.932 bits per heavy atom. The van der Waals surface area contributed by atoms with Gasteiger partial charge in [-0.15, -0.1) is 0 Å². The van der Waals surface area contributed by atoms with Crippen molar-refractivity contribution in [1.29, 1.82) is 0 Å². The Kier molecular flexibility index (Phi) is 7.56. The molecule has 0 saturated carbocycles. The normalized spacial score (nSPS) is 11.3. The third-order valence-corrected chi connectivity index (χ3v) is 6.98. The molecule has 0 unspecified atom stereocenters. The summed E-state index contributed by atoms with van der Waals surface area (Å²) in [5, 5.41) is 9.42. The Morgan fingerprint density at radius 3 is 2.50 bits per heavy atom. The van der Waals surface area contributed by atoms with Gasteiger partial charge in [-0.1, -0.05) is 18.2 Å². The first-order chi connectivity index (χ1) is 21.2. The maximum absolute atomic E-state index is 15.5. The highest BCUT2D eigenvalue weighted by molar-refractivity contribution is 5.92. The van der Waals surface area contributed by atoms with E-state index in [0.29, 0.717) is 5.56 Å². The van der Waals surface area contributed by atoms with E-state index in [9.17, 15) is 18.7 Å². The van der Waals surface area contributed by atoms with E-state index in [1.54, 1.807) is 25.1 Å². The van der Waals surface area contributed by atoms with Crippen LogP contribution in [0.1, 0.15) is 38.8 Å². The Morgan fingerprint density at radius 2 is 1.75 bits per heavy atom. The molecule has 6 aromatic rings. The van der Waals surface area contributed by atoms with Gasteiger partial charge >= 0.3 is 5.97 Å². The van der Waals surface area contributed by atoms with Crippen LogP contribution < -0.4 is 4.74 Å². The van der Waals surface area contributed by atoms with Gasteiger partial charge in [0.15, 0.2) is 5.82 Å². The summed E-state index contributed by atoms with van der Waals surface area (Å²) in [5.74, 6) is -3.78. The van der Waals surface area contributed by atoms with Gasteiger partial charge in [0.25, 0.3) is 0 Å². The number of aromatic carboxylic acids is 1. The van der Waals surface area contributed by atoms with Crippen LogP contribution in [-0.2, 0) is 19.6 Å². The molecule has 44 heavy (non-hydrogen) atoms. The van der Waals surface area contributed by atoms with E-state index in [4.69, 9.17) is 9.15 Å². The zero-order valence-electron chi connectivity index (χ0n) is 23.0. The number of fused-ring (bicyclic) bond motifs is 1. The third-order valence-electron chi connectivity index (χ3n) is 6.98. The zero-order valence-corrected chi connectivity index (χ0v) is 23.0. The van der Waals surface area contributed by atoms with Gasteiger partial charge in [-0.05, 0) is 54.4 Å². The van der Waals surface area contributed by atoms with Crippen LogP contribution in [0.3, 0.4) is 0 Å². The quantitative estimate of drug-likeness (QED) is 0.180. The molecule has 3 aromatic heterocycles. The van der Waals surface area contributed by atoms with Crippen LogP contribution in [0.4, 0.5) is 17.6 Å². The van der Waals surface area contributed by atoms with Gasteiger partial charge < -0.3 is 18.8 Å². The van der Waals surface area contributed by atoms with Crippen LogP contribution in [0.5, 0.6) is 5.88 Å². The topological polar surface area (TPSA) is 103 Å². The molecule has 0 fully saturated rings. The number of nitrogens with zero attached hydrogens (tertiary/aromatic N) is 4. The van der Waals surface area contributed by atoms with Gasteiger partial charge in [-0.2, -0.15) is 0 Å². The van der Waals surface area contributed by atoms with E-state index >= 15 is 8.78 Å². The lowest BCUT2D eigenvalue weighted by Crippen LogP contribution is -2.08. The number of ether oxygens (including phenoxy) is 1. The first-order valence-electron chi connectivity index (χ1n) is 13.3. The summed E-state index contributed by atoms with van der Waals surface area (Å²) in [6.07, 6.45) is 2.47. The largest absolute Gasteiger partial charge is 0.478 e. The maximum atomic E-state index is 15.5. The molecule has 8 nitrogen and oxygen atoms in total. The number of halogens is 4. The molecule has 3 heterocycles. The molecule has 0 aliphatic rings. The highest BCUT2D eigenvalue weighted by atomic mass is 19.1. The number of benzene rings is 3. The number of hydrogen-bond acceptors (Lipinski definition) is 6. The molecule has 12 heteroatoms. The Bertz CT molecular complexity index is 2030. The van der Waals surface area contributed by atoms with Crippen molar-refractivity contribution >= 4 is 17.0 Å². The number of hydrogen-bond donors (Lipinski definition) is 1. The number of carboxylic acid groups (broad SMARTS) is 1. The standard InChI is InChI=1S/C32H22F4N4O4/c1-17-5-6-18(22(33)9-17)16-44-29-4-2-3-26(38-29)21-14-23(34)19(10-24(21)35)13-28-39-31-25(36)11-20(32(41)42)12-27(31)40(28)15-30-37-7-8-43-30/h2-12,14H,13,15-16H2,1H3,(H,41,42). The molecular weight excluding hydrogens is 580 g/mol. The van der Waals surface area contributed by atoms with Crippen molar-refractivity contribution in [2.75, 3.05) is 0 Å². The van der Waals surface area contributed by atoms with Crippen molar-refractivity contribution in [2.24, 2.45) is 0 Å². The average molecular weight is 603 g/mol. The smallest absolute Gasteiger partial charge is 0.335 e. The van der Waals surface area contributed by atoms with Crippen molar-refractivity contribution < 1.29 is 36.6 Å². The number of carbonyl (C=O) groups is 1. The molecule has 222 valence electrons. The van der Waals surface area contributed by atoms with Gasteiger partial charge in [0.2, 0.25) is 11.8 Å². The van der Waals surface area contributed by atoms with E-state index in [2.05, 4.69) is 15.0 Å². The van der Waals surface area contributed by atoms with Crippen molar-refractivity contribution in [1.82, 2.24) is 19.5 Å². The molecule has 0 aliphatic heterocycles. The number of pyridine rings is 1. The minimum Gasteiger partial charge on any atom is -0.478 e. The second kappa shape index (κ2) is 11.6. The summed E-state index contributed by atoms with van der Waals surface area (Å²) in [4.78, 5) is 24.2. The van der Waals surface area contributed by atoms with Crippen molar-refractivity contribution in [2.45, 2.75) is 26.5 Å². The number of rotatable bonds is 9. The SMILES string of the molecule is Cc1ccc(COc2cccc(-c3cc(F)c(Cc4nc5c(F)cc(C(=O)O)cc5n4Cc4ncco4)cc3F)n2)c(F)c1. The third kappa shape index (κ3) is 5.74. The van der Waals surface area contributed by atoms with Crippen LogP contribution in [0.15, 0.2) is 77.5 Å². The molecule has 0 bridgehead atoms. The van der Waals surface area contributed by atoms with Gasteiger partial charge in [0.05, 0.1) is 23.0 Å². The number of imidazole rings is 1. The first-order valence-corrected chi connectivity index (χ1v) is 13.3. The summed E-state index contributed by atoms with van der Waals surface area (Å²) in [6, 6.07) is 13.4. The number of aryl methyl sites for hydroxylation is 1. The van der Waals surface area contributed by atoms with Gasteiger partial charge in [0.1, 0.15) is 48.2 Å². The van der Waals surface area contributed by atoms with Crippen LogP contribution in [0.25, 0.3) is 22.3 Å². The van der Waals surface area contributed by atoms with E-state index in [1.807, 2.05) is 0 Å². The van der Waals surface area contributed by atoms with E-state index in [1.165, 1.54) is 41.3 Å². The second-order valence-electron chi connectivity index (χ2n) is 10.0. The lowest BCUT2D eigenvalue weighted by Gasteiger charge is -2.11. The van der Waals surface area contributed by atoms with Crippen LogP contribution >= 0.6 is 0 Å².